The van der Waals surface area contributed by atoms with Gasteiger partial charge in [-0.3, -0.25) is 0 Å². The molecule has 0 radical (unpaired) electrons. The van der Waals surface area contributed by atoms with E-state index in [2.05, 4.69) is 0 Å². The fourth-order valence-corrected chi connectivity index (χ4v) is 0. The summed E-state index contributed by atoms with van der Waals surface area (Å²) < 4.78 is 0. The first-order chi connectivity index (χ1) is 2.27. The Morgan fingerprint density at radius 2 is 2.00 bits per heavy atom. The van der Waals surface area contributed by atoms with Crippen molar-refractivity contribution in [2.24, 2.45) is 5.73 Å². The zero-order valence-corrected chi connectivity index (χ0v) is 4.53. The highest BCUT2D eigenvalue weighted by Gasteiger charge is 1.81. The lowest BCUT2D eigenvalue weighted by atomic mass is 10.4. The van der Waals surface area contributed by atoms with Crippen molar-refractivity contribution in [3.63, 3.8) is 0 Å². The van der Waals surface area contributed by atoms with E-state index >= 15 is 0 Å². The van der Waals surface area contributed by atoms with Crippen molar-refractivity contribution in [1.82, 2.24) is 0 Å². The first kappa shape index (κ1) is 9.51. The lowest BCUT2D eigenvalue weighted by molar-refractivity contribution is 0.203. The Morgan fingerprint density at radius 3 is 2.00 bits per heavy atom. The number of aliphatic hydroxyl groups excluding tert-OH is 1. The molecule has 0 aliphatic heterocycles. The summed E-state index contributed by atoms with van der Waals surface area (Å²) in [5, 5.41) is 8.24. The molecule has 0 rings (SSSR count). The molecule has 3 N–H and O–H groups in total. The van der Waals surface area contributed by atoms with Gasteiger partial charge in [-0.25, -0.2) is 0 Å². The zero-order chi connectivity index (χ0) is 4.28. The number of hydrogen-bond acceptors (Lipinski definition) is 2. The Bertz CT molecular complexity index is 24.8. The zero-order valence-electron chi connectivity index (χ0n) is 3.72. The fraction of sp³-hybridized carbons (Fsp3) is 1.00. The van der Waals surface area contributed by atoms with Crippen molar-refractivity contribution in [3.8, 4) is 0 Å². The van der Waals surface area contributed by atoms with Gasteiger partial charge >= 0.3 is 0 Å². The van der Waals surface area contributed by atoms with Crippen LogP contribution < -0.4 is 5.73 Å². The van der Waals surface area contributed by atoms with Gasteiger partial charge in [-0.15, -0.1) is 12.4 Å². The van der Waals surface area contributed by atoms with Crippen molar-refractivity contribution < 1.29 is 5.11 Å². The SMILES string of the molecule is C[C@H](O)CN.Cl. The average Bonchev–Trinajstić information content (AvgIpc) is 1.38. The molecule has 1 atom stereocenters. The summed E-state index contributed by atoms with van der Waals surface area (Å²) in [6, 6.07) is 0. The molecular weight excluding hydrogens is 101 g/mol. The van der Waals surface area contributed by atoms with Crippen LogP contribution in [0.5, 0.6) is 0 Å². The number of nitrogens with two attached hydrogens (primary N) is 1. The molecule has 0 aromatic rings. The average molecular weight is 112 g/mol. The summed E-state index contributed by atoms with van der Waals surface area (Å²) in [5.74, 6) is 0. The van der Waals surface area contributed by atoms with Crippen molar-refractivity contribution in [3.05, 3.63) is 0 Å². The summed E-state index contributed by atoms with van der Waals surface area (Å²) in [7, 11) is 0. The molecule has 0 aromatic carbocycles. The van der Waals surface area contributed by atoms with Gasteiger partial charge in [0.25, 0.3) is 0 Å². The molecule has 0 unspecified atom stereocenters. The highest BCUT2D eigenvalue weighted by Crippen LogP contribution is 1.65. The van der Waals surface area contributed by atoms with Crippen LogP contribution in [0.4, 0.5) is 0 Å². The van der Waals surface area contributed by atoms with Gasteiger partial charge in [-0.1, -0.05) is 0 Å². The van der Waals surface area contributed by atoms with Crippen molar-refractivity contribution in [1.29, 1.82) is 0 Å². The van der Waals surface area contributed by atoms with Gasteiger partial charge in [0.05, 0.1) is 6.10 Å². The van der Waals surface area contributed by atoms with Crippen molar-refractivity contribution >= 4 is 12.4 Å². The Hall–Kier alpha value is 0.210. The highest BCUT2D eigenvalue weighted by atomic mass is 35.5. The van der Waals surface area contributed by atoms with Gasteiger partial charge in [-0.05, 0) is 6.92 Å². The summed E-state index contributed by atoms with van der Waals surface area (Å²) >= 11 is 0. The Balaban J connectivity index is 0. The predicted molar refractivity (Wildman–Crippen MR) is 28.0 cm³/mol. The van der Waals surface area contributed by atoms with Gasteiger partial charge in [0, 0.05) is 6.54 Å². The van der Waals surface area contributed by atoms with Crippen LogP contribution in [0.3, 0.4) is 0 Å². The summed E-state index contributed by atoms with van der Waals surface area (Å²) in [6.07, 6.45) is -0.338. The number of hydrogen-bond donors (Lipinski definition) is 2. The second-order valence-electron chi connectivity index (χ2n) is 1.08. The van der Waals surface area contributed by atoms with Gasteiger partial charge < -0.3 is 10.8 Å². The molecule has 0 bridgehead atoms. The molecular formula is C3H10ClNO. The number of rotatable bonds is 1. The topological polar surface area (TPSA) is 46.2 Å². The van der Waals surface area contributed by atoms with Crippen molar-refractivity contribution in [2.45, 2.75) is 13.0 Å². The van der Waals surface area contributed by atoms with Crippen LogP contribution in [0.15, 0.2) is 0 Å². The molecule has 0 saturated heterocycles. The molecule has 0 saturated carbocycles. The standard InChI is InChI=1S/C3H9NO.ClH/c1-3(5)2-4;/h3,5H,2,4H2,1H3;1H/t3-;/m0./s1. The van der Waals surface area contributed by atoms with Gasteiger partial charge in [0.1, 0.15) is 0 Å². The molecule has 0 amide bonds. The fourth-order valence-electron chi connectivity index (χ4n) is 0. The molecule has 3 heteroatoms. The molecule has 0 aliphatic rings. The van der Waals surface area contributed by atoms with Crippen LogP contribution in [0.2, 0.25) is 0 Å². The van der Waals surface area contributed by atoms with E-state index in [4.69, 9.17) is 10.8 Å². The Kier molecular flexibility index (Phi) is 8.26. The van der Waals surface area contributed by atoms with Crippen molar-refractivity contribution in [2.75, 3.05) is 6.54 Å². The van der Waals surface area contributed by atoms with E-state index in [0.717, 1.165) is 0 Å². The van der Waals surface area contributed by atoms with Crippen LogP contribution in [-0.4, -0.2) is 17.8 Å². The van der Waals surface area contributed by atoms with E-state index in [1.165, 1.54) is 0 Å². The quantitative estimate of drug-likeness (QED) is 0.490. The minimum Gasteiger partial charge on any atom is -0.392 e. The smallest absolute Gasteiger partial charge is 0.0634 e. The molecule has 0 aliphatic carbocycles. The molecule has 2 nitrogen and oxygen atoms in total. The second kappa shape index (κ2) is 5.21. The van der Waals surface area contributed by atoms with E-state index in [0.29, 0.717) is 6.54 Å². The monoisotopic (exact) mass is 111 g/mol. The minimum atomic E-state index is -0.338. The lowest BCUT2D eigenvalue weighted by Crippen LogP contribution is -2.14. The second-order valence-corrected chi connectivity index (χ2v) is 1.08. The van der Waals surface area contributed by atoms with Crippen LogP contribution in [-0.2, 0) is 0 Å². The summed E-state index contributed by atoms with van der Waals surface area (Å²) in [6.45, 7) is 2.01. The summed E-state index contributed by atoms with van der Waals surface area (Å²) in [5.41, 5.74) is 4.92. The first-order valence-electron chi connectivity index (χ1n) is 1.65. The molecule has 0 aromatic heterocycles. The Morgan fingerprint density at radius 1 is 1.83 bits per heavy atom. The van der Waals surface area contributed by atoms with Crippen LogP contribution in [0.25, 0.3) is 0 Å². The Labute approximate surface area is 43.8 Å². The van der Waals surface area contributed by atoms with E-state index in [1.807, 2.05) is 0 Å². The largest absolute Gasteiger partial charge is 0.392 e. The van der Waals surface area contributed by atoms with Gasteiger partial charge in [0.2, 0.25) is 0 Å². The first-order valence-corrected chi connectivity index (χ1v) is 1.65. The molecule has 0 heterocycles. The maximum atomic E-state index is 8.24. The van der Waals surface area contributed by atoms with Crippen LogP contribution in [0, 0.1) is 0 Å². The van der Waals surface area contributed by atoms with Crippen LogP contribution in [0.1, 0.15) is 6.92 Å². The maximum Gasteiger partial charge on any atom is 0.0634 e. The normalized spacial score (nSPS) is 12.5. The van der Waals surface area contributed by atoms with Gasteiger partial charge in [0.15, 0.2) is 0 Å². The predicted octanol–water partition coefficient (Wildman–Crippen LogP) is -0.252. The molecule has 6 heavy (non-hydrogen) atoms. The molecule has 40 valence electrons. The third-order valence-electron chi connectivity index (χ3n) is 0.341. The van der Waals surface area contributed by atoms with Crippen LogP contribution >= 0.6 is 12.4 Å². The maximum absolute atomic E-state index is 8.24. The third-order valence-corrected chi connectivity index (χ3v) is 0.341. The number of aliphatic hydroxyl groups is 1. The molecule has 0 spiro atoms. The third kappa shape index (κ3) is 8.88. The lowest BCUT2D eigenvalue weighted by Gasteiger charge is -1.91. The van der Waals surface area contributed by atoms with E-state index < -0.39 is 0 Å². The van der Waals surface area contributed by atoms with E-state index in [9.17, 15) is 0 Å². The highest BCUT2D eigenvalue weighted by molar-refractivity contribution is 5.85. The number of halogens is 1. The minimum absolute atomic E-state index is 0. The molecule has 0 fully saturated rings. The van der Waals surface area contributed by atoms with E-state index in [1.54, 1.807) is 6.92 Å². The van der Waals surface area contributed by atoms with E-state index in [-0.39, 0.29) is 18.5 Å². The summed E-state index contributed by atoms with van der Waals surface area (Å²) in [4.78, 5) is 0. The van der Waals surface area contributed by atoms with Gasteiger partial charge in [-0.2, -0.15) is 0 Å².